The Morgan fingerprint density at radius 1 is 1.62 bits per heavy atom. The topological polar surface area (TPSA) is 55.8 Å². The zero-order valence-electron chi connectivity index (χ0n) is 7.77. The molecule has 0 aliphatic carbocycles. The van der Waals surface area contributed by atoms with E-state index in [1.54, 1.807) is 13.0 Å². The van der Waals surface area contributed by atoms with Gasteiger partial charge in [-0.15, -0.1) is 0 Å². The molecule has 0 saturated carbocycles. The largest absolute Gasteiger partial charge is 0.388 e. The summed E-state index contributed by atoms with van der Waals surface area (Å²) < 4.78 is 10.3. The summed E-state index contributed by atoms with van der Waals surface area (Å²) in [5.74, 6) is -0.0602. The molecular formula is C9H14O4. The number of rotatable bonds is 2. The summed E-state index contributed by atoms with van der Waals surface area (Å²) in [6.45, 7) is 3.44. The van der Waals surface area contributed by atoms with E-state index in [9.17, 15) is 9.90 Å². The van der Waals surface area contributed by atoms with Crippen molar-refractivity contribution in [3.63, 3.8) is 0 Å². The molecule has 13 heavy (non-hydrogen) atoms. The van der Waals surface area contributed by atoms with Crippen molar-refractivity contribution in [1.29, 1.82) is 0 Å². The quantitative estimate of drug-likeness (QED) is 0.628. The average molecular weight is 186 g/mol. The molecule has 1 rings (SSSR count). The van der Waals surface area contributed by atoms with Gasteiger partial charge >= 0.3 is 0 Å². The molecule has 4 nitrogen and oxygen atoms in total. The van der Waals surface area contributed by atoms with Gasteiger partial charge in [0.1, 0.15) is 12.2 Å². The molecule has 1 aliphatic heterocycles. The summed E-state index contributed by atoms with van der Waals surface area (Å²) in [6, 6.07) is 0. The van der Waals surface area contributed by atoms with Gasteiger partial charge in [-0.25, -0.2) is 0 Å². The fraction of sp³-hybridized carbons (Fsp3) is 0.667. The number of hydrogen-bond donors (Lipinski definition) is 1. The fourth-order valence-electron chi connectivity index (χ4n) is 1.08. The zero-order valence-corrected chi connectivity index (χ0v) is 7.77. The number of aliphatic hydroxyl groups excluding tert-OH is 1. The molecule has 1 saturated heterocycles. The first kappa shape index (κ1) is 10.4. The maximum atomic E-state index is 10.6. The van der Waals surface area contributed by atoms with Crippen LogP contribution in [0.1, 0.15) is 13.8 Å². The predicted molar refractivity (Wildman–Crippen MR) is 46.1 cm³/mol. The van der Waals surface area contributed by atoms with E-state index in [4.69, 9.17) is 9.47 Å². The standard InChI is InChI=1S/C9H14O4/c1-6(10)3-4-9-8(11)5-12-7(2)13-9/h3-4,7-9,11H,5H2,1-2H3/b4-3+/t7-,8-,9+/m1/s1. The van der Waals surface area contributed by atoms with Crippen LogP contribution >= 0.6 is 0 Å². The van der Waals surface area contributed by atoms with Crippen LogP contribution in [-0.2, 0) is 14.3 Å². The van der Waals surface area contributed by atoms with Crippen LogP contribution in [0, 0.1) is 0 Å². The Hall–Kier alpha value is -0.710. The molecule has 1 N–H and O–H groups in total. The molecular weight excluding hydrogens is 172 g/mol. The Bertz CT molecular complexity index is 212. The Balaban J connectivity index is 2.51. The number of carbonyl (C=O) groups is 1. The summed E-state index contributed by atoms with van der Waals surface area (Å²) in [5.41, 5.74) is 0. The molecule has 1 heterocycles. The van der Waals surface area contributed by atoms with Crippen molar-refractivity contribution in [3.05, 3.63) is 12.2 Å². The van der Waals surface area contributed by atoms with Crippen LogP contribution in [0.2, 0.25) is 0 Å². The van der Waals surface area contributed by atoms with Crippen molar-refractivity contribution in [2.24, 2.45) is 0 Å². The highest BCUT2D eigenvalue weighted by molar-refractivity contribution is 5.87. The van der Waals surface area contributed by atoms with Crippen LogP contribution in [0.3, 0.4) is 0 Å². The predicted octanol–water partition coefficient (Wildman–Crippen LogP) is 0.254. The Kier molecular flexibility index (Phi) is 3.59. The normalized spacial score (nSPS) is 35.2. The molecule has 0 aromatic rings. The molecule has 4 heteroatoms. The molecule has 0 aromatic carbocycles. The SMILES string of the molecule is CC(=O)/C=C/[C@@H]1O[C@H](C)OC[C@H]1O. The van der Waals surface area contributed by atoms with E-state index < -0.39 is 12.2 Å². The third-order valence-electron chi connectivity index (χ3n) is 1.75. The number of carbonyl (C=O) groups excluding carboxylic acids is 1. The van der Waals surface area contributed by atoms with E-state index >= 15 is 0 Å². The number of ether oxygens (including phenoxy) is 2. The van der Waals surface area contributed by atoms with Crippen LogP contribution in [-0.4, -0.2) is 36.0 Å². The minimum atomic E-state index is -0.688. The lowest BCUT2D eigenvalue weighted by Crippen LogP contribution is -2.41. The van der Waals surface area contributed by atoms with Gasteiger partial charge in [-0.1, -0.05) is 0 Å². The van der Waals surface area contributed by atoms with Gasteiger partial charge in [0.15, 0.2) is 12.1 Å². The van der Waals surface area contributed by atoms with E-state index in [0.717, 1.165) is 0 Å². The zero-order chi connectivity index (χ0) is 9.84. The highest BCUT2D eigenvalue weighted by Gasteiger charge is 2.26. The van der Waals surface area contributed by atoms with Gasteiger partial charge in [0.2, 0.25) is 0 Å². The Morgan fingerprint density at radius 3 is 2.92 bits per heavy atom. The summed E-state index contributed by atoms with van der Waals surface area (Å²) in [6.07, 6.45) is 1.50. The Labute approximate surface area is 77.1 Å². The molecule has 1 fully saturated rings. The van der Waals surface area contributed by atoms with E-state index in [2.05, 4.69) is 0 Å². The summed E-state index contributed by atoms with van der Waals surface area (Å²) in [7, 11) is 0. The number of ketones is 1. The minimum absolute atomic E-state index is 0.0602. The number of hydrogen-bond acceptors (Lipinski definition) is 4. The maximum Gasteiger partial charge on any atom is 0.155 e. The third-order valence-corrected chi connectivity index (χ3v) is 1.75. The second-order valence-corrected chi connectivity index (χ2v) is 3.04. The molecule has 0 radical (unpaired) electrons. The van der Waals surface area contributed by atoms with Crippen LogP contribution in [0.15, 0.2) is 12.2 Å². The van der Waals surface area contributed by atoms with E-state index in [0.29, 0.717) is 0 Å². The second kappa shape index (κ2) is 4.50. The lowest BCUT2D eigenvalue weighted by atomic mass is 10.1. The molecule has 0 aromatic heterocycles. The third kappa shape index (κ3) is 3.26. The fourth-order valence-corrected chi connectivity index (χ4v) is 1.08. The smallest absolute Gasteiger partial charge is 0.155 e. The summed E-state index contributed by atoms with van der Waals surface area (Å²) >= 11 is 0. The molecule has 0 unspecified atom stereocenters. The summed E-state index contributed by atoms with van der Waals surface area (Å²) in [5, 5.41) is 9.39. The lowest BCUT2D eigenvalue weighted by molar-refractivity contribution is -0.230. The van der Waals surface area contributed by atoms with Crippen molar-refractivity contribution < 1.29 is 19.4 Å². The van der Waals surface area contributed by atoms with Crippen molar-refractivity contribution in [1.82, 2.24) is 0 Å². The minimum Gasteiger partial charge on any atom is -0.388 e. The monoisotopic (exact) mass is 186 g/mol. The number of aliphatic hydroxyl groups is 1. The molecule has 1 aliphatic rings. The Morgan fingerprint density at radius 2 is 2.31 bits per heavy atom. The molecule has 0 bridgehead atoms. The highest BCUT2D eigenvalue weighted by Crippen LogP contribution is 2.13. The van der Waals surface area contributed by atoms with Gasteiger partial charge < -0.3 is 14.6 Å². The maximum absolute atomic E-state index is 10.6. The van der Waals surface area contributed by atoms with E-state index in [-0.39, 0.29) is 18.7 Å². The van der Waals surface area contributed by atoms with Gasteiger partial charge in [0.25, 0.3) is 0 Å². The van der Waals surface area contributed by atoms with Crippen molar-refractivity contribution in [3.8, 4) is 0 Å². The van der Waals surface area contributed by atoms with E-state index in [1.165, 1.54) is 13.0 Å². The van der Waals surface area contributed by atoms with Crippen molar-refractivity contribution in [2.75, 3.05) is 6.61 Å². The van der Waals surface area contributed by atoms with Crippen LogP contribution in [0.5, 0.6) is 0 Å². The molecule has 0 spiro atoms. The van der Waals surface area contributed by atoms with Crippen molar-refractivity contribution >= 4 is 5.78 Å². The summed E-state index contributed by atoms with van der Waals surface area (Å²) in [4.78, 5) is 10.6. The molecule has 0 amide bonds. The highest BCUT2D eigenvalue weighted by atomic mass is 16.7. The number of allylic oxidation sites excluding steroid dienone is 1. The first-order chi connectivity index (χ1) is 6.09. The van der Waals surface area contributed by atoms with Gasteiger partial charge in [-0.05, 0) is 26.0 Å². The van der Waals surface area contributed by atoms with E-state index in [1.807, 2.05) is 0 Å². The average Bonchev–Trinajstić information content (AvgIpc) is 2.06. The second-order valence-electron chi connectivity index (χ2n) is 3.04. The molecule has 3 atom stereocenters. The first-order valence-electron chi connectivity index (χ1n) is 4.23. The van der Waals surface area contributed by atoms with Crippen molar-refractivity contribution in [2.45, 2.75) is 32.3 Å². The van der Waals surface area contributed by atoms with Gasteiger partial charge in [-0.3, -0.25) is 4.79 Å². The lowest BCUT2D eigenvalue weighted by Gasteiger charge is -2.30. The van der Waals surface area contributed by atoms with Gasteiger partial charge in [-0.2, -0.15) is 0 Å². The first-order valence-corrected chi connectivity index (χ1v) is 4.23. The van der Waals surface area contributed by atoms with Crippen LogP contribution in [0.25, 0.3) is 0 Å². The van der Waals surface area contributed by atoms with Crippen LogP contribution in [0.4, 0.5) is 0 Å². The molecule has 74 valence electrons. The van der Waals surface area contributed by atoms with Gasteiger partial charge in [0.05, 0.1) is 6.61 Å². The van der Waals surface area contributed by atoms with Crippen LogP contribution < -0.4 is 0 Å². The van der Waals surface area contributed by atoms with Gasteiger partial charge in [0, 0.05) is 0 Å².